The van der Waals surface area contributed by atoms with Crippen molar-refractivity contribution in [2.24, 2.45) is 5.92 Å². The molecule has 11 nitrogen and oxygen atoms in total. The normalized spacial score (nSPS) is 18.1. The van der Waals surface area contributed by atoms with Gasteiger partial charge in [-0.05, 0) is 41.8 Å². The number of carbonyl (C=O) groups excluding carboxylic acids is 2. The van der Waals surface area contributed by atoms with E-state index in [0.29, 0.717) is 55.1 Å². The largest absolute Gasteiger partial charge is 0.482 e. The van der Waals surface area contributed by atoms with Crippen molar-refractivity contribution in [2.75, 3.05) is 25.0 Å². The smallest absolute Gasteiger partial charge is 0.441 e. The summed E-state index contributed by atoms with van der Waals surface area (Å²) in [5.41, 5.74) is 3.25. The Morgan fingerprint density at radius 2 is 2.20 bits per heavy atom. The monoisotopic (exact) mass is 475 g/mol. The lowest BCUT2D eigenvalue weighted by Crippen LogP contribution is -2.28. The summed E-state index contributed by atoms with van der Waals surface area (Å²) in [6.07, 6.45) is 0.552. The van der Waals surface area contributed by atoms with Crippen molar-refractivity contribution in [3.63, 3.8) is 0 Å². The maximum absolute atomic E-state index is 12.3. The molecule has 2 aromatic carbocycles. The van der Waals surface area contributed by atoms with Gasteiger partial charge in [-0.15, -0.1) is 5.10 Å². The van der Waals surface area contributed by atoms with E-state index in [1.165, 1.54) is 0 Å². The molecule has 178 valence electrons. The topological polar surface area (TPSA) is 148 Å². The van der Waals surface area contributed by atoms with Crippen LogP contribution < -0.4 is 21.1 Å². The Morgan fingerprint density at radius 1 is 1.31 bits per heavy atom. The molecule has 0 spiro atoms. The van der Waals surface area contributed by atoms with Crippen LogP contribution in [0, 0.1) is 17.2 Å². The second-order valence-corrected chi connectivity index (χ2v) is 8.25. The number of aromatic nitrogens is 2. The average Bonchev–Trinajstić information content (AvgIpc) is 3.41. The minimum Gasteiger partial charge on any atom is -0.482 e. The van der Waals surface area contributed by atoms with E-state index in [0.717, 1.165) is 15.8 Å². The van der Waals surface area contributed by atoms with Crippen molar-refractivity contribution in [1.29, 1.82) is 5.26 Å². The number of rotatable bonds is 8. The number of fused-ring (bicyclic) bond motifs is 2. The number of nitrogens with one attached hydrogen (secondary N) is 2. The predicted molar refractivity (Wildman–Crippen MR) is 121 cm³/mol. The lowest BCUT2D eigenvalue weighted by atomic mass is 10.0. The summed E-state index contributed by atoms with van der Waals surface area (Å²) in [5.74, 6) is -0.173. The highest BCUT2D eigenvalue weighted by Crippen LogP contribution is 2.39. The Kier molecular flexibility index (Phi) is 6.03. The van der Waals surface area contributed by atoms with Gasteiger partial charge in [0.05, 0.1) is 23.0 Å². The Balaban J connectivity index is 1.21. The van der Waals surface area contributed by atoms with Crippen LogP contribution >= 0.6 is 0 Å². The Hall–Kier alpha value is -4.43. The van der Waals surface area contributed by atoms with Crippen molar-refractivity contribution in [1.82, 2.24) is 15.1 Å². The molecule has 2 atom stereocenters. The van der Waals surface area contributed by atoms with Crippen molar-refractivity contribution in [3.8, 4) is 17.5 Å². The standard InChI is InChI=1S/C24H21N5O6/c25-10-14-2-1-3-17-18(14)8-15(23(17)34-13-30)11-26-7-6-22-28-29(24(32)35-22)16-4-5-20-19(9-16)27-21(31)12-33-20/h1-5,9,13,15,23,26H,6-8,11-12H2,(H,27,31). The number of nitrogens with zero attached hydrogens (tertiary/aromatic N) is 3. The van der Waals surface area contributed by atoms with E-state index in [4.69, 9.17) is 13.9 Å². The van der Waals surface area contributed by atoms with Crippen LogP contribution in [0.2, 0.25) is 0 Å². The van der Waals surface area contributed by atoms with Crippen LogP contribution in [-0.2, 0) is 27.2 Å². The number of ether oxygens (including phenoxy) is 2. The molecule has 3 aromatic rings. The van der Waals surface area contributed by atoms with E-state index in [1.54, 1.807) is 30.3 Å². The number of hydrogen-bond donors (Lipinski definition) is 2. The van der Waals surface area contributed by atoms with Gasteiger partial charge in [-0.2, -0.15) is 9.94 Å². The molecule has 11 heteroatoms. The SMILES string of the molecule is N#Cc1cccc2c1CC(CNCCc1nn(-c3ccc4c(c3)NC(=O)CO4)c(=O)o1)C2OC=O. The van der Waals surface area contributed by atoms with Crippen LogP contribution in [-0.4, -0.2) is 41.9 Å². The molecule has 0 bridgehead atoms. The lowest BCUT2D eigenvalue weighted by Gasteiger charge is -2.19. The quantitative estimate of drug-likeness (QED) is 0.363. The van der Waals surface area contributed by atoms with Gasteiger partial charge in [0.25, 0.3) is 12.4 Å². The number of hydrogen-bond acceptors (Lipinski definition) is 9. The fourth-order valence-corrected chi connectivity index (χ4v) is 4.52. The van der Waals surface area contributed by atoms with Crippen LogP contribution in [0.15, 0.2) is 45.6 Å². The number of anilines is 1. The molecular formula is C24H21N5O6. The minimum atomic E-state index is -0.641. The third-order valence-corrected chi connectivity index (χ3v) is 6.09. The van der Waals surface area contributed by atoms with Gasteiger partial charge < -0.3 is 24.5 Å². The van der Waals surface area contributed by atoms with Gasteiger partial charge in [0.15, 0.2) is 6.61 Å². The first kappa shape index (κ1) is 22.4. The summed E-state index contributed by atoms with van der Waals surface area (Å²) in [7, 11) is 0. The van der Waals surface area contributed by atoms with Gasteiger partial charge in [0, 0.05) is 25.4 Å². The maximum Gasteiger partial charge on any atom is 0.441 e. The third kappa shape index (κ3) is 4.39. The predicted octanol–water partition coefficient (Wildman–Crippen LogP) is 1.25. The van der Waals surface area contributed by atoms with E-state index < -0.39 is 11.9 Å². The van der Waals surface area contributed by atoms with E-state index in [-0.39, 0.29) is 24.3 Å². The molecule has 2 aliphatic rings. The summed E-state index contributed by atoms with van der Waals surface area (Å²) in [5, 5.41) is 19.6. The third-order valence-electron chi connectivity index (χ3n) is 6.09. The van der Waals surface area contributed by atoms with Crippen molar-refractivity contribution in [3.05, 3.63) is 69.5 Å². The van der Waals surface area contributed by atoms with Gasteiger partial charge in [0.2, 0.25) is 5.89 Å². The zero-order valence-electron chi connectivity index (χ0n) is 18.5. The van der Waals surface area contributed by atoms with Gasteiger partial charge in [-0.1, -0.05) is 12.1 Å². The molecule has 35 heavy (non-hydrogen) atoms. The van der Waals surface area contributed by atoms with Crippen molar-refractivity contribution in [2.45, 2.75) is 18.9 Å². The highest BCUT2D eigenvalue weighted by Gasteiger charge is 2.35. The molecular weight excluding hydrogens is 454 g/mol. The van der Waals surface area contributed by atoms with Crippen molar-refractivity contribution >= 4 is 18.1 Å². The summed E-state index contributed by atoms with van der Waals surface area (Å²) in [6, 6.07) is 12.5. The zero-order chi connectivity index (χ0) is 24.4. The highest BCUT2D eigenvalue weighted by atomic mass is 16.5. The second kappa shape index (κ2) is 9.44. The first-order valence-electron chi connectivity index (χ1n) is 11.0. The number of amides is 1. The van der Waals surface area contributed by atoms with Crippen molar-refractivity contribution < 1.29 is 23.5 Å². The Bertz CT molecular complexity index is 1390. The molecule has 0 radical (unpaired) electrons. The van der Waals surface area contributed by atoms with Crippen LogP contribution in [0.5, 0.6) is 5.75 Å². The molecule has 1 aromatic heterocycles. The first-order valence-corrected chi connectivity index (χ1v) is 11.0. The van der Waals surface area contributed by atoms with E-state index in [9.17, 15) is 19.6 Å². The molecule has 2 N–H and O–H groups in total. The molecule has 0 fully saturated rings. The second-order valence-electron chi connectivity index (χ2n) is 8.25. The van der Waals surface area contributed by atoms with Gasteiger partial charge >= 0.3 is 5.76 Å². The number of benzene rings is 2. The molecule has 5 rings (SSSR count). The Labute approximate surface area is 199 Å². The summed E-state index contributed by atoms with van der Waals surface area (Å²) in [6.45, 7) is 1.39. The zero-order valence-corrected chi connectivity index (χ0v) is 18.5. The van der Waals surface area contributed by atoms with Gasteiger partial charge in [-0.25, -0.2) is 4.79 Å². The fourth-order valence-electron chi connectivity index (χ4n) is 4.52. The molecule has 1 aliphatic carbocycles. The van der Waals surface area contributed by atoms with Crippen LogP contribution in [0.1, 0.15) is 28.7 Å². The van der Waals surface area contributed by atoms with E-state index in [1.807, 2.05) is 6.07 Å². The van der Waals surface area contributed by atoms with Crippen LogP contribution in [0.25, 0.3) is 5.69 Å². The highest BCUT2D eigenvalue weighted by molar-refractivity contribution is 5.95. The lowest BCUT2D eigenvalue weighted by molar-refractivity contribution is -0.136. The molecule has 1 aliphatic heterocycles. The number of carbonyl (C=O) groups is 2. The molecule has 2 heterocycles. The molecule has 0 saturated heterocycles. The van der Waals surface area contributed by atoms with E-state index >= 15 is 0 Å². The average molecular weight is 475 g/mol. The first-order chi connectivity index (χ1) is 17.1. The summed E-state index contributed by atoms with van der Waals surface area (Å²) in [4.78, 5) is 34.9. The maximum atomic E-state index is 12.3. The van der Waals surface area contributed by atoms with Gasteiger partial charge in [-0.3, -0.25) is 9.59 Å². The van der Waals surface area contributed by atoms with E-state index in [2.05, 4.69) is 21.8 Å². The van der Waals surface area contributed by atoms with Crippen LogP contribution in [0.4, 0.5) is 5.69 Å². The van der Waals surface area contributed by atoms with Gasteiger partial charge in [0.1, 0.15) is 11.9 Å². The summed E-state index contributed by atoms with van der Waals surface area (Å²) >= 11 is 0. The minimum absolute atomic E-state index is 0.0257. The Morgan fingerprint density at radius 3 is 3.03 bits per heavy atom. The van der Waals surface area contributed by atoms with Crippen LogP contribution in [0.3, 0.4) is 0 Å². The molecule has 0 saturated carbocycles. The molecule has 2 unspecified atom stereocenters. The molecule has 1 amide bonds. The fraction of sp³-hybridized carbons (Fsp3) is 0.292. The number of nitriles is 1. The summed E-state index contributed by atoms with van der Waals surface area (Å²) < 4.78 is 17.1.